The molecule has 2 atom stereocenters. The molecular formula is C26H29I. The third kappa shape index (κ3) is 3.33. The van der Waals surface area contributed by atoms with Gasteiger partial charge in [0.15, 0.2) is 0 Å². The smallest absolute Gasteiger partial charge is 0.00125 e. The van der Waals surface area contributed by atoms with E-state index in [9.17, 15) is 0 Å². The molecule has 0 radical (unpaired) electrons. The minimum absolute atomic E-state index is 0.236. The van der Waals surface area contributed by atoms with Crippen molar-refractivity contribution >= 4 is 31.7 Å². The van der Waals surface area contributed by atoms with Gasteiger partial charge in [-0.25, -0.2) is 0 Å². The van der Waals surface area contributed by atoms with E-state index in [0.29, 0.717) is 11.8 Å². The van der Waals surface area contributed by atoms with E-state index in [-0.39, 0.29) is 5.41 Å². The first-order chi connectivity index (χ1) is 13.0. The van der Waals surface area contributed by atoms with Crippen LogP contribution in [0.25, 0.3) is 9.15 Å². The molecule has 0 N–H and O–H groups in total. The van der Waals surface area contributed by atoms with E-state index in [0.717, 1.165) is 6.42 Å². The summed E-state index contributed by atoms with van der Waals surface area (Å²) in [5.41, 5.74) is 5.01. The molecule has 0 fully saturated rings. The summed E-state index contributed by atoms with van der Waals surface area (Å²) in [5.74, 6) is 1.29. The lowest BCUT2D eigenvalue weighted by atomic mass is 9.72. The molecule has 0 saturated heterocycles. The van der Waals surface area contributed by atoms with E-state index < -0.39 is 0 Å². The van der Waals surface area contributed by atoms with Crippen LogP contribution in [-0.4, -0.2) is 0 Å². The Kier molecular flexibility index (Phi) is 5.33. The van der Waals surface area contributed by atoms with Crippen molar-refractivity contribution in [3.63, 3.8) is 0 Å². The first-order valence-corrected chi connectivity index (χ1v) is 11.3. The Hall–Kier alpha value is -1.35. The molecule has 140 valence electrons. The lowest BCUT2D eigenvalue weighted by molar-refractivity contribution is 0.286. The zero-order valence-corrected chi connectivity index (χ0v) is 18.6. The maximum absolute atomic E-state index is 4.06. The fourth-order valence-corrected chi connectivity index (χ4v) is 6.25. The van der Waals surface area contributed by atoms with Gasteiger partial charge in [0, 0.05) is 0 Å². The first-order valence-electron chi connectivity index (χ1n) is 10.2. The van der Waals surface area contributed by atoms with Crippen LogP contribution in [0.1, 0.15) is 63.0 Å². The van der Waals surface area contributed by atoms with E-state index in [1.54, 1.807) is 16.7 Å². The third-order valence-electron chi connectivity index (χ3n) is 6.89. The molecule has 0 heterocycles. The fourth-order valence-electron chi connectivity index (χ4n) is 5.51. The van der Waals surface area contributed by atoms with Gasteiger partial charge in [0.2, 0.25) is 0 Å². The second-order valence-electron chi connectivity index (χ2n) is 8.64. The van der Waals surface area contributed by atoms with Crippen molar-refractivity contribution in [2.24, 2.45) is 5.92 Å². The molecule has 0 nitrogen and oxygen atoms in total. The van der Waals surface area contributed by atoms with Crippen molar-refractivity contribution in [1.82, 2.24) is 0 Å². The highest BCUT2D eigenvalue weighted by Crippen LogP contribution is 2.54. The molecular weight excluding hydrogens is 439 g/mol. The van der Waals surface area contributed by atoms with Crippen LogP contribution in [0.5, 0.6) is 0 Å². The molecule has 0 saturated carbocycles. The summed E-state index contributed by atoms with van der Waals surface area (Å²) >= 11 is 2.54. The predicted molar refractivity (Wildman–Crippen MR) is 126 cm³/mol. The zero-order valence-electron chi connectivity index (χ0n) is 16.5. The lowest BCUT2D eigenvalue weighted by Crippen LogP contribution is -2.31. The molecule has 27 heavy (non-hydrogen) atoms. The monoisotopic (exact) mass is 468 g/mol. The van der Waals surface area contributed by atoms with Crippen molar-refractivity contribution < 1.29 is 0 Å². The van der Waals surface area contributed by atoms with Crippen LogP contribution in [0, 0.1) is 5.92 Å². The first kappa shape index (κ1) is 19.0. The van der Waals surface area contributed by atoms with Gasteiger partial charge >= 0.3 is 0 Å². The van der Waals surface area contributed by atoms with Crippen LogP contribution in [-0.2, 0) is 5.41 Å². The predicted octanol–water partition coefficient (Wildman–Crippen LogP) is 6.22. The number of hydrogen-bond acceptors (Lipinski definition) is 0. The van der Waals surface area contributed by atoms with Crippen molar-refractivity contribution in [2.75, 3.05) is 0 Å². The normalized spacial score (nSPS) is 23.1. The number of allylic oxidation sites excluding steroid dienone is 1. The third-order valence-corrected chi connectivity index (χ3v) is 8.01. The number of halogens is 1. The van der Waals surface area contributed by atoms with Crippen LogP contribution in [0.2, 0.25) is 0 Å². The maximum Gasteiger partial charge on any atom is -0.00125 e. The Labute approximate surface area is 177 Å². The molecule has 0 aromatic heterocycles. The lowest BCUT2D eigenvalue weighted by Gasteiger charge is -2.32. The topological polar surface area (TPSA) is 0 Å². The molecule has 0 amide bonds. The molecule has 0 spiro atoms. The summed E-state index contributed by atoms with van der Waals surface area (Å²) in [4.78, 5) is 0. The molecule has 2 aliphatic carbocycles. The van der Waals surface area contributed by atoms with Gasteiger partial charge in [-0.15, -0.1) is 6.58 Å². The Morgan fingerprint density at radius 3 is 2.52 bits per heavy atom. The van der Waals surface area contributed by atoms with Gasteiger partial charge in [-0.3, -0.25) is 0 Å². The highest BCUT2D eigenvalue weighted by Gasteiger charge is 2.44. The summed E-state index contributed by atoms with van der Waals surface area (Å²) in [6, 6.07) is 18.1. The Morgan fingerprint density at radius 1 is 1.04 bits per heavy atom. The van der Waals surface area contributed by atoms with Gasteiger partial charge in [0.05, 0.1) is 0 Å². The molecule has 2 aromatic rings. The summed E-state index contributed by atoms with van der Waals surface area (Å²) in [6.45, 7) is 8.97. The van der Waals surface area contributed by atoms with Crippen LogP contribution in [0.4, 0.5) is 0 Å². The Morgan fingerprint density at radius 2 is 1.74 bits per heavy atom. The molecule has 1 heteroatoms. The van der Waals surface area contributed by atoms with Gasteiger partial charge in [-0.05, 0) is 97.1 Å². The van der Waals surface area contributed by atoms with Crippen LogP contribution < -0.4 is 10.4 Å². The molecule has 2 aliphatic rings. The standard InChI is InChI=1S/C26H29I/c1-4-9-20-21-11-7-8-13-23(21)26(2,3)24(20)16-14-18-15-17-25(27)22-12-6-5-10-19(18)22/h4-8,10-13,20,24H,1,9,14-17H2,2-3H3. The zero-order chi connectivity index (χ0) is 19.0. The van der Waals surface area contributed by atoms with Gasteiger partial charge in [0.25, 0.3) is 0 Å². The minimum atomic E-state index is 0.236. The number of benzene rings is 2. The van der Waals surface area contributed by atoms with E-state index in [2.05, 4.69) is 97.6 Å². The van der Waals surface area contributed by atoms with Crippen molar-refractivity contribution in [3.8, 4) is 0 Å². The van der Waals surface area contributed by atoms with E-state index in [4.69, 9.17) is 0 Å². The second kappa shape index (κ2) is 7.58. The molecule has 2 unspecified atom stereocenters. The number of rotatable bonds is 5. The summed E-state index contributed by atoms with van der Waals surface area (Å²) in [5, 5.41) is 2.97. The summed E-state index contributed by atoms with van der Waals surface area (Å²) in [7, 11) is 0. The van der Waals surface area contributed by atoms with Gasteiger partial charge in [-0.2, -0.15) is 0 Å². The summed E-state index contributed by atoms with van der Waals surface area (Å²) < 4.78 is 1.52. The summed E-state index contributed by atoms with van der Waals surface area (Å²) in [6.07, 6.45) is 8.12. The maximum atomic E-state index is 4.06. The number of fused-ring (bicyclic) bond motifs is 2. The Bertz CT molecular complexity index is 979. The average molecular weight is 468 g/mol. The van der Waals surface area contributed by atoms with E-state index in [1.165, 1.54) is 39.7 Å². The molecule has 2 aromatic carbocycles. The van der Waals surface area contributed by atoms with Crippen LogP contribution >= 0.6 is 22.6 Å². The Balaban J connectivity index is 1.68. The fraction of sp³-hybridized carbons (Fsp3) is 0.385. The van der Waals surface area contributed by atoms with E-state index >= 15 is 0 Å². The van der Waals surface area contributed by atoms with Crippen molar-refractivity contribution in [3.05, 3.63) is 82.8 Å². The molecule has 4 rings (SSSR count). The van der Waals surface area contributed by atoms with Gasteiger partial charge in [0.1, 0.15) is 0 Å². The minimum Gasteiger partial charge on any atom is -0.103 e. The van der Waals surface area contributed by atoms with Gasteiger partial charge in [-0.1, -0.05) is 74.0 Å². The average Bonchev–Trinajstić information content (AvgIpc) is 2.89. The number of hydrogen-bond donors (Lipinski definition) is 0. The second-order valence-corrected chi connectivity index (χ2v) is 9.94. The van der Waals surface area contributed by atoms with Crippen molar-refractivity contribution in [2.45, 2.75) is 57.3 Å². The van der Waals surface area contributed by atoms with Crippen LogP contribution in [0.15, 0.2) is 61.2 Å². The molecule has 0 aliphatic heterocycles. The SMILES string of the molecule is C=CCC1c2ccccc2C(C)(C)C1CCC1=c2ccccc2=C(I)CC1. The highest BCUT2D eigenvalue weighted by molar-refractivity contribution is 14.1. The van der Waals surface area contributed by atoms with E-state index in [1.807, 2.05) is 0 Å². The molecule has 0 bridgehead atoms. The van der Waals surface area contributed by atoms with Gasteiger partial charge < -0.3 is 0 Å². The highest BCUT2D eigenvalue weighted by atomic mass is 127. The quantitative estimate of drug-likeness (QED) is 0.361. The van der Waals surface area contributed by atoms with Crippen LogP contribution in [0.3, 0.4) is 0 Å². The largest absolute Gasteiger partial charge is 0.103 e. The van der Waals surface area contributed by atoms with Crippen molar-refractivity contribution in [1.29, 1.82) is 0 Å².